The quantitative estimate of drug-likeness (QED) is 0.708. The highest BCUT2D eigenvalue weighted by Crippen LogP contribution is 2.24. The normalized spacial score (nSPS) is 21.9. The molecule has 0 aromatic carbocycles. The number of Topliss-reactive ketones (excluding diaryl/α,β-unsaturated/α-hetero) is 1. The van der Waals surface area contributed by atoms with Gasteiger partial charge in [0.2, 0.25) is 0 Å². The van der Waals surface area contributed by atoms with Crippen molar-refractivity contribution in [1.82, 2.24) is 9.80 Å². The van der Waals surface area contributed by atoms with Crippen LogP contribution in [0.4, 0.5) is 0 Å². The monoisotopic (exact) mass is 266 g/mol. The Balaban J connectivity index is 1.90. The number of amides is 2. The van der Waals surface area contributed by atoms with Crippen LogP contribution in [0.15, 0.2) is 0 Å². The van der Waals surface area contributed by atoms with Crippen molar-refractivity contribution in [2.24, 2.45) is 5.92 Å². The molecule has 1 aliphatic heterocycles. The van der Waals surface area contributed by atoms with Gasteiger partial charge < -0.3 is 9.80 Å². The predicted molar refractivity (Wildman–Crippen MR) is 70.4 cm³/mol. The summed E-state index contributed by atoms with van der Waals surface area (Å²) in [5.74, 6) is -0.755. The van der Waals surface area contributed by atoms with Crippen LogP contribution in [-0.2, 0) is 14.4 Å². The second kappa shape index (κ2) is 6.17. The average Bonchev–Trinajstić information content (AvgIpc) is 2.45. The maximum atomic E-state index is 12.2. The lowest BCUT2D eigenvalue weighted by atomic mass is 9.86. The van der Waals surface area contributed by atoms with Crippen LogP contribution in [0, 0.1) is 5.92 Å². The van der Waals surface area contributed by atoms with E-state index in [9.17, 15) is 14.4 Å². The van der Waals surface area contributed by atoms with Crippen molar-refractivity contribution in [3.63, 3.8) is 0 Å². The molecule has 0 unspecified atom stereocenters. The molecule has 0 spiro atoms. The molecule has 1 saturated heterocycles. The van der Waals surface area contributed by atoms with E-state index < -0.39 is 11.8 Å². The number of hydrogen-bond acceptors (Lipinski definition) is 3. The molecule has 0 N–H and O–H groups in total. The zero-order valence-corrected chi connectivity index (χ0v) is 11.6. The lowest BCUT2D eigenvalue weighted by Gasteiger charge is -2.33. The van der Waals surface area contributed by atoms with E-state index in [4.69, 9.17) is 0 Å². The van der Waals surface area contributed by atoms with Gasteiger partial charge in [0.25, 0.3) is 0 Å². The van der Waals surface area contributed by atoms with Gasteiger partial charge in [0, 0.05) is 25.6 Å². The van der Waals surface area contributed by atoms with E-state index in [2.05, 4.69) is 0 Å². The molecule has 1 saturated carbocycles. The molecule has 19 heavy (non-hydrogen) atoms. The SMILES string of the molecule is CCN1CCN(CC(=O)C2CCCCC2)C(=O)C1=O. The van der Waals surface area contributed by atoms with Crippen molar-refractivity contribution in [2.75, 3.05) is 26.2 Å². The van der Waals surface area contributed by atoms with Gasteiger partial charge in [0.1, 0.15) is 0 Å². The Bertz CT molecular complexity index is 375. The first-order chi connectivity index (χ1) is 9.13. The summed E-state index contributed by atoms with van der Waals surface area (Å²) >= 11 is 0. The van der Waals surface area contributed by atoms with Gasteiger partial charge in [-0.3, -0.25) is 14.4 Å². The number of nitrogens with zero attached hydrogens (tertiary/aromatic N) is 2. The Morgan fingerprint density at radius 3 is 2.26 bits per heavy atom. The Morgan fingerprint density at radius 1 is 1.05 bits per heavy atom. The van der Waals surface area contributed by atoms with Crippen molar-refractivity contribution in [1.29, 1.82) is 0 Å². The number of piperazine rings is 1. The van der Waals surface area contributed by atoms with Crippen molar-refractivity contribution in [3.05, 3.63) is 0 Å². The van der Waals surface area contributed by atoms with E-state index >= 15 is 0 Å². The topological polar surface area (TPSA) is 57.7 Å². The highest BCUT2D eigenvalue weighted by molar-refractivity contribution is 6.35. The van der Waals surface area contributed by atoms with Gasteiger partial charge in [0.15, 0.2) is 5.78 Å². The summed E-state index contributed by atoms with van der Waals surface area (Å²) in [7, 11) is 0. The summed E-state index contributed by atoms with van der Waals surface area (Å²) in [6.45, 7) is 3.55. The molecular formula is C14H22N2O3. The molecule has 2 fully saturated rings. The minimum atomic E-state index is -0.516. The van der Waals surface area contributed by atoms with E-state index in [0.29, 0.717) is 19.6 Å². The number of likely N-dealkylation sites (N-methyl/N-ethyl adjacent to an activating group) is 1. The molecule has 2 amide bonds. The summed E-state index contributed by atoms with van der Waals surface area (Å²) in [6.07, 6.45) is 5.29. The highest BCUT2D eigenvalue weighted by Gasteiger charge is 2.33. The highest BCUT2D eigenvalue weighted by atomic mass is 16.2. The second-order valence-electron chi connectivity index (χ2n) is 5.41. The van der Waals surface area contributed by atoms with Crippen LogP contribution in [0.2, 0.25) is 0 Å². The van der Waals surface area contributed by atoms with Crippen LogP contribution in [-0.4, -0.2) is 53.6 Å². The van der Waals surface area contributed by atoms with Gasteiger partial charge in [-0.1, -0.05) is 19.3 Å². The van der Waals surface area contributed by atoms with E-state index in [1.807, 2.05) is 6.92 Å². The molecule has 5 heteroatoms. The molecule has 0 bridgehead atoms. The van der Waals surface area contributed by atoms with Crippen LogP contribution >= 0.6 is 0 Å². The first-order valence-electron chi connectivity index (χ1n) is 7.24. The molecule has 5 nitrogen and oxygen atoms in total. The molecule has 0 aromatic rings. The fourth-order valence-corrected chi connectivity index (χ4v) is 2.91. The zero-order valence-electron chi connectivity index (χ0n) is 11.6. The summed E-state index contributed by atoms with van der Waals surface area (Å²) in [5.41, 5.74) is 0. The number of carbonyl (C=O) groups is 3. The predicted octanol–water partition coefficient (Wildman–Crippen LogP) is 0.826. The number of hydrogen-bond donors (Lipinski definition) is 0. The van der Waals surface area contributed by atoms with Crippen LogP contribution in [0.3, 0.4) is 0 Å². The van der Waals surface area contributed by atoms with E-state index in [1.54, 1.807) is 0 Å². The number of ketones is 1. The van der Waals surface area contributed by atoms with Crippen LogP contribution in [0.25, 0.3) is 0 Å². The first kappa shape index (κ1) is 14.0. The van der Waals surface area contributed by atoms with Gasteiger partial charge >= 0.3 is 11.8 Å². The largest absolute Gasteiger partial charge is 0.333 e. The fourth-order valence-electron chi connectivity index (χ4n) is 2.91. The third kappa shape index (κ3) is 3.14. The van der Waals surface area contributed by atoms with Crippen LogP contribution < -0.4 is 0 Å². The van der Waals surface area contributed by atoms with E-state index in [-0.39, 0.29) is 18.2 Å². The smallest absolute Gasteiger partial charge is 0.312 e. The first-order valence-corrected chi connectivity index (χ1v) is 7.24. The molecule has 106 valence electrons. The van der Waals surface area contributed by atoms with Crippen molar-refractivity contribution < 1.29 is 14.4 Å². The van der Waals surface area contributed by atoms with Gasteiger partial charge in [0.05, 0.1) is 6.54 Å². The molecule has 2 aliphatic rings. The number of carbonyl (C=O) groups excluding carboxylic acids is 3. The van der Waals surface area contributed by atoms with Crippen molar-refractivity contribution >= 4 is 17.6 Å². The summed E-state index contributed by atoms with van der Waals surface area (Å²) in [6, 6.07) is 0. The van der Waals surface area contributed by atoms with Crippen LogP contribution in [0.5, 0.6) is 0 Å². The Labute approximate surface area is 113 Å². The Morgan fingerprint density at radius 2 is 1.63 bits per heavy atom. The van der Waals surface area contributed by atoms with Crippen molar-refractivity contribution in [3.8, 4) is 0 Å². The lowest BCUT2D eigenvalue weighted by molar-refractivity contribution is -0.156. The van der Waals surface area contributed by atoms with Crippen LogP contribution in [0.1, 0.15) is 39.0 Å². The third-order valence-electron chi connectivity index (χ3n) is 4.19. The van der Waals surface area contributed by atoms with E-state index in [0.717, 1.165) is 25.7 Å². The van der Waals surface area contributed by atoms with Crippen molar-refractivity contribution in [2.45, 2.75) is 39.0 Å². The summed E-state index contributed by atoms with van der Waals surface area (Å²) in [4.78, 5) is 38.7. The molecule has 0 radical (unpaired) electrons. The molecular weight excluding hydrogens is 244 g/mol. The fraction of sp³-hybridized carbons (Fsp3) is 0.786. The maximum Gasteiger partial charge on any atom is 0.312 e. The molecule has 0 aromatic heterocycles. The van der Waals surface area contributed by atoms with E-state index in [1.165, 1.54) is 16.2 Å². The van der Waals surface area contributed by atoms with Gasteiger partial charge in [-0.05, 0) is 19.8 Å². The average molecular weight is 266 g/mol. The minimum Gasteiger partial charge on any atom is -0.333 e. The maximum absolute atomic E-state index is 12.2. The Kier molecular flexibility index (Phi) is 4.56. The third-order valence-corrected chi connectivity index (χ3v) is 4.19. The molecule has 1 aliphatic carbocycles. The molecule has 1 heterocycles. The minimum absolute atomic E-state index is 0.0980. The number of rotatable bonds is 4. The molecule has 2 rings (SSSR count). The summed E-state index contributed by atoms with van der Waals surface area (Å²) in [5, 5.41) is 0. The van der Waals surface area contributed by atoms with Gasteiger partial charge in [-0.2, -0.15) is 0 Å². The summed E-state index contributed by atoms with van der Waals surface area (Å²) < 4.78 is 0. The van der Waals surface area contributed by atoms with Gasteiger partial charge in [-0.25, -0.2) is 0 Å². The lowest BCUT2D eigenvalue weighted by Crippen LogP contribution is -2.55. The zero-order chi connectivity index (χ0) is 13.8. The second-order valence-corrected chi connectivity index (χ2v) is 5.41. The van der Waals surface area contributed by atoms with Gasteiger partial charge in [-0.15, -0.1) is 0 Å². The Hall–Kier alpha value is -1.39. The standard InChI is InChI=1S/C14H22N2O3/c1-2-15-8-9-16(14(19)13(15)18)10-12(17)11-6-4-3-5-7-11/h11H,2-10H2,1H3. The molecule has 0 atom stereocenters.